The van der Waals surface area contributed by atoms with Gasteiger partial charge in [0.15, 0.2) is 0 Å². The summed E-state index contributed by atoms with van der Waals surface area (Å²) in [5.41, 5.74) is 0.470. The van der Waals surface area contributed by atoms with Crippen molar-refractivity contribution in [1.82, 2.24) is 4.98 Å². The van der Waals surface area contributed by atoms with Crippen LogP contribution in [0.15, 0.2) is 5.38 Å². The fourth-order valence-electron chi connectivity index (χ4n) is 1.29. The van der Waals surface area contributed by atoms with Crippen LogP contribution in [0.5, 0.6) is 0 Å². The topological polar surface area (TPSA) is 39.2 Å². The number of esters is 1. The molecule has 0 aliphatic rings. The van der Waals surface area contributed by atoms with Crippen LogP contribution in [0.3, 0.4) is 0 Å². The molecule has 0 N–H and O–H groups in total. The first-order valence-corrected chi connectivity index (χ1v) is 5.33. The van der Waals surface area contributed by atoms with Gasteiger partial charge in [-0.3, -0.25) is 4.79 Å². The molecule has 0 aromatic carbocycles. The van der Waals surface area contributed by atoms with E-state index in [4.69, 9.17) is 4.74 Å². The Bertz CT molecular complexity index is 331. The van der Waals surface area contributed by atoms with Crippen molar-refractivity contribution in [2.75, 3.05) is 7.11 Å². The first kappa shape index (κ1) is 11.2. The van der Waals surface area contributed by atoms with E-state index >= 15 is 0 Å². The van der Waals surface area contributed by atoms with Gasteiger partial charge in [0.1, 0.15) is 0 Å². The number of hydrogen-bond acceptors (Lipinski definition) is 4. The lowest BCUT2D eigenvalue weighted by molar-refractivity contribution is -0.150. The summed E-state index contributed by atoms with van der Waals surface area (Å²) in [6, 6.07) is 0. The smallest absolute Gasteiger partial charge is 0.311 e. The van der Waals surface area contributed by atoms with Crippen LogP contribution < -0.4 is 0 Å². The molecule has 0 atom stereocenters. The van der Waals surface area contributed by atoms with Crippen molar-refractivity contribution in [3.8, 4) is 0 Å². The molecule has 3 nitrogen and oxygen atoms in total. The number of aryl methyl sites for hydroxylation is 1. The van der Waals surface area contributed by atoms with Gasteiger partial charge in [0, 0.05) is 11.8 Å². The number of hydrogen-bond donors (Lipinski definition) is 0. The number of rotatable bonds is 3. The quantitative estimate of drug-likeness (QED) is 0.722. The maximum Gasteiger partial charge on any atom is 0.311 e. The number of nitrogens with zero attached hydrogens (tertiary/aromatic N) is 1. The van der Waals surface area contributed by atoms with Crippen molar-refractivity contribution >= 4 is 17.3 Å². The highest BCUT2D eigenvalue weighted by Crippen LogP contribution is 2.24. The van der Waals surface area contributed by atoms with Crippen molar-refractivity contribution in [1.29, 1.82) is 0 Å². The van der Waals surface area contributed by atoms with Crippen molar-refractivity contribution < 1.29 is 9.53 Å². The fraction of sp³-hybridized carbons (Fsp3) is 0.600. The maximum atomic E-state index is 11.4. The highest BCUT2D eigenvalue weighted by molar-refractivity contribution is 7.09. The molecule has 0 spiro atoms. The normalized spacial score (nSPS) is 11.4. The minimum atomic E-state index is -0.491. The second kappa shape index (κ2) is 4.09. The molecule has 1 aromatic rings. The number of thiazole rings is 1. The minimum absolute atomic E-state index is 0.192. The summed E-state index contributed by atoms with van der Waals surface area (Å²) in [5, 5.41) is 3.01. The van der Waals surface area contributed by atoms with Gasteiger partial charge in [0.25, 0.3) is 0 Å². The van der Waals surface area contributed by atoms with Gasteiger partial charge in [-0.2, -0.15) is 0 Å². The van der Waals surface area contributed by atoms with Gasteiger partial charge in [-0.25, -0.2) is 4.98 Å². The summed E-state index contributed by atoms with van der Waals surface area (Å²) in [5.74, 6) is -0.192. The summed E-state index contributed by atoms with van der Waals surface area (Å²) < 4.78 is 4.73. The number of carbonyl (C=O) groups is 1. The molecule has 0 amide bonds. The Morgan fingerprint density at radius 3 is 2.71 bits per heavy atom. The van der Waals surface area contributed by atoms with Gasteiger partial charge in [0.05, 0.1) is 23.2 Å². The van der Waals surface area contributed by atoms with Crippen molar-refractivity contribution in [3.05, 3.63) is 16.1 Å². The van der Waals surface area contributed by atoms with Crippen LogP contribution in [0.1, 0.15) is 24.5 Å². The van der Waals surface area contributed by atoms with Crippen LogP contribution in [-0.4, -0.2) is 18.1 Å². The summed E-state index contributed by atoms with van der Waals surface area (Å²) in [4.78, 5) is 15.7. The number of ether oxygens (including phenoxy) is 1. The highest BCUT2D eigenvalue weighted by atomic mass is 32.1. The summed E-state index contributed by atoms with van der Waals surface area (Å²) >= 11 is 1.60. The number of carbonyl (C=O) groups excluding carboxylic acids is 1. The van der Waals surface area contributed by atoms with Crippen molar-refractivity contribution in [3.63, 3.8) is 0 Å². The second-order valence-electron chi connectivity index (χ2n) is 3.91. The van der Waals surface area contributed by atoms with Gasteiger partial charge in [0.2, 0.25) is 0 Å². The third kappa shape index (κ3) is 2.54. The van der Waals surface area contributed by atoms with Crippen LogP contribution >= 0.6 is 11.3 Å². The molecule has 0 saturated heterocycles. The minimum Gasteiger partial charge on any atom is -0.469 e. The third-order valence-electron chi connectivity index (χ3n) is 2.03. The van der Waals surface area contributed by atoms with Gasteiger partial charge in [-0.1, -0.05) is 0 Å². The molecule has 0 radical (unpaired) electrons. The van der Waals surface area contributed by atoms with Crippen LogP contribution in [0.2, 0.25) is 0 Å². The Kier molecular flexibility index (Phi) is 3.26. The number of methoxy groups -OCH3 is 1. The Morgan fingerprint density at radius 2 is 2.29 bits per heavy atom. The highest BCUT2D eigenvalue weighted by Gasteiger charge is 2.29. The van der Waals surface area contributed by atoms with Gasteiger partial charge < -0.3 is 4.74 Å². The first-order chi connectivity index (χ1) is 6.45. The van der Waals surface area contributed by atoms with E-state index in [9.17, 15) is 4.79 Å². The van der Waals surface area contributed by atoms with Gasteiger partial charge in [-0.05, 0) is 20.8 Å². The van der Waals surface area contributed by atoms with E-state index < -0.39 is 5.41 Å². The van der Waals surface area contributed by atoms with E-state index in [0.29, 0.717) is 6.42 Å². The zero-order valence-electron chi connectivity index (χ0n) is 8.96. The molecule has 4 heteroatoms. The molecule has 1 rings (SSSR count). The van der Waals surface area contributed by atoms with Crippen LogP contribution in [0.25, 0.3) is 0 Å². The molecule has 0 unspecified atom stereocenters. The molecule has 1 aromatic heterocycles. The molecular formula is C10H15NO2S. The summed E-state index contributed by atoms with van der Waals surface area (Å²) in [7, 11) is 1.41. The molecule has 14 heavy (non-hydrogen) atoms. The van der Waals surface area contributed by atoms with E-state index in [2.05, 4.69) is 4.98 Å². The molecule has 78 valence electrons. The Hall–Kier alpha value is -0.900. The Labute approximate surface area is 88.1 Å². The Balaban J connectivity index is 2.72. The third-order valence-corrected chi connectivity index (χ3v) is 2.85. The predicted molar refractivity (Wildman–Crippen MR) is 56.4 cm³/mol. The Morgan fingerprint density at radius 1 is 1.64 bits per heavy atom. The predicted octanol–water partition coefficient (Wildman–Crippen LogP) is 2.19. The SMILES string of the molecule is COC(=O)C(C)(C)Cc1csc(C)n1. The van der Waals surface area contributed by atoms with Crippen molar-refractivity contribution in [2.24, 2.45) is 5.41 Å². The van der Waals surface area contributed by atoms with Crippen molar-refractivity contribution in [2.45, 2.75) is 27.2 Å². The standard InChI is InChI=1S/C10H15NO2S/c1-7-11-8(6-14-7)5-10(2,3)9(12)13-4/h6H,5H2,1-4H3. The molecule has 0 fully saturated rings. The average Bonchev–Trinajstić information content (AvgIpc) is 2.48. The molecular weight excluding hydrogens is 198 g/mol. The maximum absolute atomic E-state index is 11.4. The zero-order valence-corrected chi connectivity index (χ0v) is 9.77. The summed E-state index contributed by atoms with van der Waals surface area (Å²) in [6.07, 6.45) is 0.629. The lowest BCUT2D eigenvalue weighted by Crippen LogP contribution is -2.28. The largest absolute Gasteiger partial charge is 0.469 e. The zero-order chi connectivity index (χ0) is 10.8. The van der Waals surface area contributed by atoms with Crippen LogP contribution in [-0.2, 0) is 16.0 Å². The lowest BCUT2D eigenvalue weighted by atomic mass is 9.88. The fourth-order valence-corrected chi connectivity index (χ4v) is 1.90. The monoisotopic (exact) mass is 213 g/mol. The van der Waals surface area contributed by atoms with Crippen LogP contribution in [0.4, 0.5) is 0 Å². The van der Waals surface area contributed by atoms with E-state index in [1.165, 1.54) is 7.11 Å². The van der Waals surface area contributed by atoms with E-state index in [-0.39, 0.29) is 5.97 Å². The lowest BCUT2D eigenvalue weighted by Gasteiger charge is -2.19. The van der Waals surface area contributed by atoms with Gasteiger partial charge >= 0.3 is 5.97 Å². The molecule has 0 aliphatic heterocycles. The number of aromatic nitrogens is 1. The first-order valence-electron chi connectivity index (χ1n) is 4.45. The molecule has 0 aliphatic carbocycles. The molecule has 0 bridgehead atoms. The molecule has 1 heterocycles. The van der Waals surface area contributed by atoms with E-state index in [1.54, 1.807) is 11.3 Å². The molecule has 0 saturated carbocycles. The van der Waals surface area contributed by atoms with Gasteiger partial charge in [-0.15, -0.1) is 11.3 Å². The van der Waals surface area contributed by atoms with Crippen LogP contribution in [0, 0.1) is 12.3 Å². The summed E-state index contributed by atoms with van der Waals surface area (Å²) in [6.45, 7) is 5.69. The second-order valence-corrected chi connectivity index (χ2v) is 4.97. The van der Waals surface area contributed by atoms with E-state index in [1.807, 2.05) is 26.2 Å². The average molecular weight is 213 g/mol. The van der Waals surface area contributed by atoms with E-state index in [0.717, 1.165) is 10.7 Å².